The van der Waals surface area contributed by atoms with Gasteiger partial charge < -0.3 is 14.4 Å². The Hall–Kier alpha value is -2.18. The first kappa shape index (κ1) is 19.2. The summed E-state index contributed by atoms with van der Waals surface area (Å²) in [6.45, 7) is 8.59. The van der Waals surface area contributed by atoms with E-state index in [0.29, 0.717) is 6.79 Å². The van der Waals surface area contributed by atoms with Crippen LogP contribution in [0.4, 0.5) is 0 Å². The van der Waals surface area contributed by atoms with Crippen LogP contribution in [0.5, 0.6) is 11.5 Å². The fourth-order valence-electron chi connectivity index (χ4n) is 3.55. The van der Waals surface area contributed by atoms with Crippen LogP contribution in [-0.2, 0) is 11.3 Å². The molecule has 2 aromatic carbocycles. The Morgan fingerprint density at radius 3 is 2.50 bits per heavy atom. The lowest BCUT2D eigenvalue weighted by atomic mass is 10.1. The second kappa shape index (κ2) is 8.45. The maximum absolute atomic E-state index is 12.8. The molecular formula is C22H26N2O3S. The number of carbonyl (C=O) groups excluding carboxylic acids is 1. The van der Waals surface area contributed by atoms with Crippen molar-refractivity contribution in [1.29, 1.82) is 0 Å². The van der Waals surface area contributed by atoms with E-state index in [1.165, 1.54) is 11.1 Å². The first-order valence-electron chi connectivity index (χ1n) is 9.71. The fraction of sp³-hybridized carbons (Fsp3) is 0.409. The predicted molar refractivity (Wildman–Crippen MR) is 111 cm³/mol. The van der Waals surface area contributed by atoms with Gasteiger partial charge in [-0.1, -0.05) is 23.8 Å². The van der Waals surface area contributed by atoms with Gasteiger partial charge in [0.15, 0.2) is 11.5 Å². The van der Waals surface area contributed by atoms with Crippen molar-refractivity contribution >= 4 is 17.7 Å². The molecule has 28 heavy (non-hydrogen) atoms. The molecule has 0 radical (unpaired) electrons. The summed E-state index contributed by atoms with van der Waals surface area (Å²) in [6, 6.07) is 14.5. The van der Waals surface area contributed by atoms with Crippen LogP contribution in [0, 0.1) is 6.92 Å². The van der Waals surface area contributed by atoms with Gasteiger partial charge in [-0.25, -0.2) is 0 Å². The Kier molecular flexibility index (Phi) is 5.78. The minimum atomic E-state index is -0.0666. The first-order valence-corrected chi connectivity index (χ1v) is 10.6. The molecule has 4 rings (SSSR count). The lowest BCUT2D eigenvalue weighted by Gasteiger charge is -2.36. The molecule has 0 N–H and O–H groups in total. The third-order valence-electron chi connectivity index (χ3n) is 5.21. The Morgan fingerprint density at radius 1 is 1.04 bits per heavy atom. The van der Waals surface area contributed by atoms with E-state index in [4.69, 9.17) is 9.47 Å². The van der Waals surface area contributed by atoms with Crippen molar-refractivity contribution in [2.24, 2.45) is 0 Å². The number of hydrogen-bond acceptors (Lipinski definition) is 5. The summed E-state index contributed by atoms with van der Waals surface area (Å²) in [5.74, 6) is 1.88. The topological polar surface area (TPSA) is 42.0 Å². The number of carbonyl (C=O) groups is 1. The predicted octanol–water partition coefficient (Wildman–Crippen LogP) is 3.55. The van der Waals surface area contributed by atoms with Gasteiger partial charge in [-0.2, -0.15) is 0 Å². The zero-order chi connectivity index (χ0) is 19.5. The molecule has 2 heterocycles. The van der Waals surface area contributed by atoms with Gasteiger partial charge in [-0.05, 0) is 43.7 Å². The number of piperazine rings is 1. The fourth-order valence-corrected chi connectivity index (χ4v) is 4.50. The monoisotopic (exact) mass is 398 g/mol. The lowest BCUT2D eigenvalue weighted by Crippen LogP contribution is -2.50. The van der Waals surface area contributed by atoms with Gasteiger partial charge in [-0.3, -0.25) is 9.69 Å². The number of thioether (sulfide) groups is 1. The largest absolute Gasteiger partial charge is 0.454 e. The molecule has 1 amide bonds. The number of ether oxygens (including phenoxy) is 2. The normalized spacial score (nSPS) is 17.6. The van der Waals surface area contributed by atoms with Crippen molar-refractivity contribution in [2.75, 3.05) is 33.0 Å². The van der Waals surface area contributed by atoms with E-state index >= 15 is 0 Å². The standard InChI is InChI=1S/C22H26N2O3S/c1-16-3-6-19(7-4-16)28-17(2)22(25)24-11-9-23(10-12-24)14-18-5-8-20-21(13-18)27-15-26-20/h3-8,13,17H,9-12,14-15H2,1-2H3. The highest BCUT2D eigenvalue weighted by atomic mass is 32.2. The molecule has 148 valence electrons. The van der Waals surface area contributed by atoms with E-state index in [2.05, 4.69) is 48.2 Å². The zero-order valence-electron chi connectivity index (χ0n) is 16.4. The van der Waals surface area contributed by atoms with Crippen molar-refractivity contribution < 1.29 is 14.3 Å². The van der Waals surface area contributed by atoms with Crippen LogP contribution in [0.2, 0.25) is 0 Å². The van der Waals surface area contributed by atoms with Gasteiger partial charge in [0.05, 0.1) is 5.25 Å². The summed E-state index contributed by atoms with van der Waals surface area (Å²) in [5, 5.41) is -0.0666. The first-order chi connectivity index (χ1) is 13.6. The number of fused-ring (bicyclic) bond motifs is 1. The second-order valence-corrected chi connectivity index (χ2v) is 8.78. The number of rotatable bonds is 5. The van der Waals surface area contributed by atoms with Gasteiger partial charge in [-0.15, -0.1) is 11.8 Å². The third-order valence-corrected chi connectivity index (χ3v) is 6.31. The molecule has 2 aliphatic heterocycles. The highest BCUT2D eigenvalue weighted by Crippen LogP contribution is 2.33. The van der Waals surface area contributed by atoms with Crippen LogP contribution in [0.3, 0.4) is 0 Å². The molecule has 2 aromatic rings. The van der Waals surface area contributed by atoms with Crippen molar-refractivity contribution in [1.82, 2.24) is 9.80 Å². The van der Waals surface area contributed by atoms with E-state index in [1.807, 2.05) is 17.9 Å². The highest BCUT2D eigenvalue weighted by Gasteiger charge is 2.26. The van der Waals surface area contributed by atoms with Gasteiger partial charge in [0.1, 0.15) is 0 Å². The number of benzene rings is 2. The Labute approximate surface area is 170 Å². The van der Waals surface area contributed by atoms with Gasteiger partial charge >= 0.3 is 0 Å². The molecule has 2 aliphatic rings. The number of hydrogen-bond donors (Lipinski definition) is 0. The Balaban J connectivity index is 1.27. The van der Waals surface area contributed by atoms with Crippen LogP contribution < -0.4 is 9.47 Å². The van der Waals surface area contributed by atoms with E-state index in [9.17, 15) is 4.79 Å². The molecule has 1 atom stereocenters. The second-order valence-electron chi connectivity index (χ2n) is 7.36. The Morgan fingerprint density at radius 2 is 1.75 bits per heavy atom. The summed E-state index contributed by atoms with van der Waals surface area (Å²) >= 11 is 1.64. The summed E-state index contributed by atoms with van der Waals surface area (Å²) in [5.41, 5.74) is 2.45. The van der Waals surface area contributed by atoms with Gasteiger partial charge in [0.25, 0.3) is 0 Å². The van der Waals surface area contributed by atoms with Crippen molar-refractivity contribution in [3.8, 4) is 11.5 Å². The highest BCUT2D eigenvalue weighted by molar-refractivity contribution is 8.00. The number of amides is 1. The van der Waals surface area contributed by atoms with Crippen LogP contribution in [0.15, 0.2) is 47.4 Å². The number of nitrogens with zero attached hydrogens (tertiary/aromatic N) is 2. The molecule has 0 spiro atoms. The molecule has 1 fully saturated rings. The van der Waals surface area contributed by atoms with Crippen molar-refractivity contribution in [3.05, 3.63) is 53.6 Å². The molecule has 0 bridgehead atoms. The minimum Gasteiger partial charge on any atom is -0.454 e. The van der Waals surface area contributed by atoms with Gasteiger partial charge in [0.2, 0.25) is 12.7 Å². The van der Waals surface area contributed by atoms with Crippen LogP contribution in [-0.4, -0.2) is 53.9 Å². The third kappa shape index (κ3) is 4.45. The van der Waals surface area contributed by atoms with Crippen LogP contribution in [0.1, 0.15) is 18.1 Å². The molecule has 1 unspecified atom stereocenters. The summed E-state index contributed by atoms with van der Waals surface area (Å²) < 4.78 is 10.8. The van der Waals surface area contributed by atoms with Crippen LogP contribution >= 0.6 is 11.8 Å². The van der Waals surface area contributed by atoms with E-state index in [0.717, 1.165) is 49.1 Å². The maximum Gasteiger partial charge on any atom is 0.235 e. The smallest absolute Gasteiger partial charge is 0.235 e. The molecule has 1 saturated heterocycles. The van der Waals surface area contributed by atoms with E-state index in [-0.39, 0.29) is 11.2 Å². The average molecular weight is 399 g/mol. The van der Waals surface area contributed by atoms with Gasteiger partial charge in [0, 0.05) is 37.6 Å². The quantitative estimate of drug-likeness (QED) is 0.721. The number of aryl methyl sites for hydroxylation is 1. The SMILES string of the molecule is Cc1ccc(SC(C)C(=O)N2CCN(Cc3ccc4c(c3)OCO4)CC2)cc1. The summed E-state index contributed by atoms with van der Waals surface area (Å²) in [7, 11) is 0. The zero-order valence-corrected chi connectivity index (χ0v) is 17.2. The minimum absolute atomic E-state index is 0.0666. The van der Waals surface area contributed by atoms with Crippen LogP contribution in [0.25, 0.3) is 0 Å². The van der Waals surface area contributed by atoms with E-state index < -0.39 is 0 Å². The molecule has 5 nitrogen and oxygen atoms in total. The summed E-state index contributed by atoms with van der Waals surface area (Å²) in [6.07, 6.45) is 0. The average Bonchev–Trinajstić information content (AvgIpc) is 3.17. The lowest BCUT2D eigenvalue weighted by molar-refractivity contribution is -0.132. The van der Waals surface area contributed by atoms with Crippen molar-refractivity contribution in [2.45, 2.75) is 30.5 Å². The molecule has 0 aromatic heterocycles. The maximum atomic E-state index is 12.8. The molecule has 6 heteroatoms. The molecule has 0 aliphatic carbocycles. The Bertz CT molecular complexity index is 832. The molecular weight excluding hydrogens is 372 g/mol. The molecule has 0 saturated carbocycles. The summed E-state index contributed by atoms with van der Waals surface area (Å²) in [4.78, 5) is 18.4. The van der Waals surface area contributed by atoms with Crippen molar-refractivity contribution in [3.63, 3.8) is 0 Å². The van der Waals surface area contributed by atoms with E-state index in [1.54, 1.807) is 11.8 Å².